The highest BCUT2D eigenvalue weighted by atomic mass is 16.5. The Bertz CT molecular complexity index is 896. The van der Waals surface area contributed by atoms with Crippen LogP contribution >= 0.6 is 0 Å². The molecule has 0 aliphatic rings. The Morgan fingerprint density at radius 3 is 2.14 bits per heavy atom. The lowest BCUT2D eigenvalue weighted by Gasteiger charge is -2.11. The number of fused-ring (bicyclic) bond motifs is 3. The Labute approximate surface area is 127 Å². The van der Waals surface area contributed by atoms with Crippen molar-refractivity contribution < 1.29 is 19.1 Å². The van der Waals surface area contributed by atoms with E-state index >= 15 is 0 Å². The van der Waals surface area contributed by atoms with Gasteiger partial charge in [0, 0.05) is 5.56 Å². The van der Waals surface area contributed by atoms with E-state index in [9.17, 15) is 9.59 Å². The monoisotopic (exact) mass is 294 g/mol. The standard InChI is InChI=1S/C18H14O4/c1-21-12-3-5-14-11(7-12)8-17(18(20)10-19)16-9-13(22-2)4-6-15(14)16/h3-10H,1-2H3. The minimum atomic E-state index is -0.553. The molecule has 3 aromatic carbocycles. The van der Waals surface area contributed by atoms with Crippen LogP contribution in [0.25, 0.3) is 21.5 Å². The van der Waals surface area contributed by atoms with E-state index in [0.29, 0.717) is 28.7 Å². The molecule has 0 aliphatic heterocycles. The molecule has 0 unspecified atom stereocenters. The number of rotatable bonds is 4. The van der Waals surface area contributed by atoms with E-state index in [-0.39, 0.29) is 0 Å². The summed E-state index contributed by atoms with van der Waals surface area (Å²) in [4.78, 5) is 22.9. The van der Waals surface area contributed by atoms with Gasteiger partial charge in [-0.15, -0.1) is 0 Å². The van der Waals surface area contributed by atoms with Crippen molar-refractivity contribution in [1.82, 2.24) is 0 Å². The fourth-order valence-corrected chi connectivity index (χ4v) is 2.64. The third-order valence-electron chi connectivity index (χ3n) is 3.74. The van der Waals surface area contributed by atoms with Crippen molar-refractivity contribution in [2.75, 3.05) is 14.2 Å². The Hall–Kier alpha value is -2.88. The molecule has 22 heavy (non-hydrogen) atoms. The van der Waals surface area contributed by atoms with Crippen LogP contribution in [0.4, 0.5) is 0 Å². The first-order valence-corrected chi connectivity index (χ1v) is 6.76. The van der Waals surface area contributed by atoms with E-state index in [1.165, 1.54) is 0 Å². The second-order valence-electron chi connectivity index (χ2n) is 4.90. The van der Waals surface area contributed by atoms with Crippen molar-refractivity contribution >= 4 is 33.6 Å². The summed E-state index contributed by atoms with van der Waals surface area (Å²) in [5.74, 6) is 0.785. The van der Waals surface area contributed by atoms with Crippen LogP contribution in [0.5, 0.6) is 11.5 Å². The van der Waals surface area contributed by atoms with Crippen LogP contribution < -0.4 is 9.47 Å². The lowest BCUT2D eigenvalue weighted by Crippen LogP contribution is -2.01. The number of carbonyl (C=O) groups is 2. The van der Waals surface area contributed by atoms with Gasteiger partial charge in [0.15, 0.2) is 6.29 Å². The Morgan fingerprint density at radius 2 is 1.50 bits per heavy atom. The van der Waals surface area contributed by atoms with Gasteiger partial charge >= 0.3 is 0 Å². The lowest BCUT2D eigenvalue weighted by molar-refractivity contribution is -0.104. The van der Waals surface area contributed by atoms with Crippen molar-refractivity contribution in [3.8, 4) is 11.5 Å². The summed E-state index contributed by atoms with van der Waals surface area (Å²) in [6.07, 6.45) is 0.334. The zero-order valence-corrected chi connectivity index (χ0v) is 12.3. The molecule has 0 spiro atoms. The molecule has 0 N–H and O–H groups in total. The third kappa shape index (κ3) is 2.19. The predicted octanol–water partition coefficient (Wildman–Crippen LogP) is 3.39. The number of ketones is 1. The van der Waals surface area contributed by atoms with E-state index in [2.05, 4.69) is 0 Å². The van der Waals surface area contributed by atoms with Crippen LogP contribution in [0, 0.1) is 0 Å². The lowest BCUT2D eigenvalue weighted by atomic mass is 9.95. The SMILES string of the molecule is COc1ccc2c(c1)cc(C(=O)C=O)c1cc(OC)ccc12. The molecular formula is C18H14O4. The smallest absolute Gasteiger partial charge is 0.226 e. The van der Waals surface area contributed by atoms with Crippen molar-refractivity contribution in [1.29, 1.82) is 0 Å². The topological polar surface area (TPSA) is 52.6 Å². The molecule has 4 heteroatoms. The average molecular weight is 294 g/mol. The maximum absolute atomic E-state index is 12.0. The fourth-order valence-electron chi connectivity index (χ4n) is 2.64. The quantitative estimate of drug-likeness (QED) is 0.320. The van der Waals surface area contributed by atoms with Gasteiger partial charge in [0.25, 0.3) is 0 Å². The summed E-state index contributed by atoms with van der Waals surface area (Å²) in [7, 11) is 3.15. The minimum absolute atomic E-state index is 0.334. The van der Waals surface area contributed by atoms with E-state index < -0.39 is 5.78 Å². The van der Waals surface area contributed by atoms with Gasteiger partial charge < -0.3 is 9.47 Å². The number of hydrogen-bond donors (Lipinski definition) is 0. The zero-order chi connectivity index (χ0) is 15.7. The van der Waals surface area contributed by atoms with Crippen molar-refractivity contribution in [3.05, 3.63) is 48.0 Å². The molecular weight excluding hydrogens is 280 g/mol. The maximum atomic E-state index is 12.0. The molecule has 0 saturated heterocycles. The summed E-state index contributed by atoms with van der Waals surface area (Å²) in [6, 6.07) is 12.9. The molecule has 0 radical (unpaired) electrons. The highest BCUT2D eigenvalue weighted by Gasteiger charge is 2.14. The van der Waals surface area contributed by atoms with Gasteiger partial charge in [-0.1, -0.05) is 12.1 Å². The molecule has 0 atom stereocenters. The van der Waals surface area contributed by atoms with Crippen molar-refractivity contribution in [2.24, 2.45) is 0 Å². The first-order chi connectivity index (χ1) is 10.7. The molecule has 0 bridgehead atoms. The largest absolute Gasteiger partial charge is 0.497 e. The number of Topliss-reactive ketones (excluding diaryl/α,β-unsaturated/α-hetero) is 1. The number of aldehydes is 1. The normalized spacial score (nSPS) is 10.6. The van der Waals surface area contributed by atoms with Crippen LogP contribution in [0.15, 0.2) is 42.5 Å². The Kier molecular flexibility index (Phi) is 3.51. The second-order valence-corrected chi connectivity index (χ2v) is 4.90. The highest BCUT2D eigenvalue weighted by molar-refractivity contribution is 6.37. The van der Waals surface area contributed by atoms with Crippen LogP contribution in [-0.4, -0.2) is 26.3 Å². The van der Waals surface area contributed by atoms with Gasteiger partial charge in [-0.25, -0.2) is 0 Å². The van der Waals surface area contributed by atoms with Gasteiger partial charge in [-0.2, -0.15) is 0 Å². The first kappa shape index (κ1) is 14.1. The molecule has 110 valence electrons. The highest BCUT2D eigenvalue weighted by Crippen LogP contribution is 2.33. The molecule has 3 aromatic rings. The predicted molar refractivity (Wildman–Crippen MR) is 85.0 cm³/mol. The summed E-state index contributed by atoms with van der Waals surface area (Å²) in [6.45, 7) is 0. The summed E-state index contributed by atoms with van der Waals surface area (Å²) in [5, 5.41) is 3.43. The summed E-state index contributed by atoms with van der Waals surface area (Å²) >= 11 is 0. The van der Waals surface area contributed by atoms with E-state index in [4.69, 9.17) is 9.47 Å². The van der Waals surface area contributed by atoms with Gasteiger partial charge in [-0.3, -0.25) is 9.59 Å². The molecule has 0 heterocycles. The van der Waals surface area contributed by atoms with Gasteiger partial charge in [0.2, 0.25) is 5.78 Å². The number of ether oxygens (including phenoxy) is 2. The number of methoxy groups -OCH3 is 2. The molecule has 3 rings (SSSR count). The van der Waals surface area contributed by atoms with Crippen LogP contribution in [0.2, 0.25) is 0 Å². The van der Waals surface area contributed by atoms with Crippen LogP contribution in [-0.2, 0) is 4.79 Å². The van der Waals surface area contributed by atoms with E-state index in [1.54, 1.807) is 26.4 Å². The van der Waals surface area contributed by atoms with Crippen LogP contribution in [0.3, 0.4) is 0 Å². The maximum Gasteiger partial charge on any atom is 0.226 e. The van der Waals surface area contributed by atoms with Crippen molar-refractivity contribution in [3.63, 3.8) is 0 Å². The molecule has 0 saturated carbocycles. The van der Waals surface area contributed by atoms with E-state index in [1.807, 2.05) is 30.3 Å². The molecule has 0 amide bonds. The first-order valence-electron chi connectivity index (χ1n) is 6.76. The second kappa shape index (κ2) is 5.48. The fraction of sp³-hybridized carbons (Fsp3) is 0.111. The summed E-state index contributed by atoms with van der Waals surface area (Å²) < 4.78 is 10.4. The Morgan fingerprint density at radius 1 is 0.864 bits per heavy atom. The van der Waals surface area contributed by atoms with Gasteiger partial charge in [0.05, 0.1) is 14.2 Å². The van der Waals surface area contributed by atoms with Gasteiger partial charge in [-0.05, 0) is 51.9 Å². The van der Waals surface area contributed by atoms with Crippen LogP contribution in [0.1, 0.15) is 10.4 Å². The number of hydrogen-bond acceptors (Lipinski definition) is 4. The average Bonchev–Trinajstić information content (AvgIpc) is 2.59. The number of carbonyl (C=O) groups excluding carboxylic acids is 2. The van der Waals surface area contributed by atoms with E-state index in [0.717, 1.165) is 16.2 Å². The summed E-state index contributed by atoms with van der Waals surface area (Å²) in [5.41, 5.74) is 0.365. The minimum Gasteiger partial charge on any atom is -0.497 e. The number of benzene rings is 3. The third-order valence-corrected chi connectivity index (χ3v) is 3.74. The molecule has 0 aromatic heterocycles. The zero-order valence-electron chi connectivity index (χ0n) is 12.3. The molecule has 0 fully saturated rings. The molecule has 4 nitrogen and oxygen atoms in total. The molecule has 0 aliphatic carbocycles. The Balaban J connectivity index is 2.45. The van der Waals surface area contributed by atoms with Crippen molar-refractivity contribution in [2.45, 2.75) is 0 Å². The van der Waals surface area contributed by atoms with Gasteiger partial charge in [0.1, 0.15) is 11.5 Å².